The number of nitrogens with zero attached hydrogens (tertiary/aromatic N) is 1. The van der Waals surface area contributed by atoms with Crippen LogP contribution in [-0.2, 0) is 10.0 Å². The second kappa shape index (κ2) is 8.96. The van der Waals surface area contributed by atoms with Crippen molar-refractivity contribution in [2.24, 2.45) is 0 Å². The minimum atomic E-state index is -3.82. The quantitative estimate of drug-likeness (QED) is 0.727. The molecule has 8 heteroatoms. The molecule has 0 bridgehead atoms. The lowest BCUT2D eigenvalue weighted by Gasteiger charge is -2.25. The Morgan fingerprint density at radius 1 is 1.06 bits per heavy atom. The SMILES string of the molecule is COc1ccc(C(=O)N2CCC[C@H]2c2ccc(F)cc2)cc1S(=O)(=O)NC1CCCC1. The molecule has 1 heterocycles. The van der Waals surface area contributed by atoms with Gasteiger partial charge in [-0.15, -0.1) is 0 Å². The fraction of sp³-hybridized carbons (Fsp3) is 0.435. The summed E-state index contributed by atoms with van der Waals surface area (Å²) >= 11 is 0. The molecule has 1 saturated carbocycles. The Morgan fingerprint density at radius 2 is 1.77 bits per heavy atom. The Bertz CT molecular complexity index is 1050. The number of sulfonamides is 1. The summed E-state index contributed by atoms with van der Waals surface area (Å²) in [6.07, 6.45) is 5.24. The normalized spacial score (nSPS) is 19.7. The van der Waals surface area contributed by atoms with Crippen LogP contribution in [0, 0.1) is 5.82 Å². The molecule has 0 spiro atoms. The number of halogens is 1. The number of likely N-dealkylation sites (tertiary alicyclic amines) is 1. The summed E-state index contributed by atoms with van der Waals surface area (Å²) in [5.74, 6) is -0.357. The van der Waals surface area contributed by atoms with Gasteiger partial charge in [-0.05, 0) is 61.6 Å². The van der Waals surface area contributed by atoms with E-state index in [0.717, 1.165) is 44.1 Å². The third-order valence-electron chi connectivity index (χ3n) is 6.15. The molecule has 4 rings (SSSR count). The van der Waals surface area contributed by atoms with Gasteiger partial charge in [-0.25, -0.2) is 17.5 Å². The second-order valence-electron chi connectivity index (χ2n) is 8.18. The standard InChI is InChI=1S/C23H27FN2O4S/c1-30-21-13-10-17(15-22(21)31(28,29)25-19-5-2-3-6-19)23(27)26-14-4-7-20(26)16-8-11-18(24)12-9-16/h8-13,15,19-20,25H,2-7,14H2,1H3/t20-/m0/s1. The van der Waals surface area contributed by atoms with Crippen molar-refractivity contribution in [1.29, 1.82) is 0 Å². The van der Waals surface area contributed by atoms with Crippen molar-refractivity contribution in [3.63, 3.8) is 0 Å². The van der Waals surface area contributed by atoms with Crippen molar-refractivity contribution in [2.45, 2.75) is 55.5 Å². The minimum absolute atomic E-state index is 0.0229. The first kappa shape index (κ1) is 21.8. The van der Waals surface area contributed by atoms with Gasteiger partial charge in [0.25, 0.3) is 5.91 Å². The van der Waals surface area contributed by atoms with Crippen LogP contribution in [0.25, 0.3) is 0 Å². The highest BCUT2D eigenvalue weighted by molar-refractivity contribution is 7.89. The van der Waals surface area contributed by atoms with Crippen molar-refractivity contribution in [3.8, 4) is 5.75 Å². The average molecular weight is 447 g/mol. The molecule has 1 N–H and O–H groups in total. The summed E-state index contributed by atoms with van der Waals surface area (Å²) in [6.45, 7) is 0.565. The topological polar surface area (TPSA) is 75.7 Å². The number of hydrogen-bond acceptors (Lipinski definition) is 4. The fourth-order valence-electron chi connectivity index (χ4n) is 4.55. The van der Waals surface area contributed by atoms with Crippen LogP contribution in [0.4, 0.5) is 4.39 Å². The summed E-state index contributed by atoms with van der Waals surface area (Å²) in [7, 11) is -2.41. The third-order valence-corrected chi connectivity index (χ3v) is 7.69. The van der Waals surface area contributed by atoms with Gasteiger partial charge in [0.05, 0.1) is 13.2 Å². The van der Waals surface area contributed by atoms with E-state index in [1.165, 1.54) is 31.4 Å². The highest BCUT2D eigenvalue weighted by atomic mass is 32.2. The van der Waals surface area contributed by atoms with Crippen molar-refractivity contribution in [3.05, 3.63) is 59.4 Å². The number of methoxy groups -OCH3 is 1. The van der Waals surface area contributed by atoms with E-state index >= 15 is 0 Å². The number of nitrogens with one attached hydrogen (secondary N) is 1. The van der Waals surface area contributed by atoms with Gasteiger partial charge >= 0.3 is 0 Å². The van der Waals surface area contributed by atoms with Crippen LogP contribution in [0.2, 0.25) is 0 Å². The van der Waals surface area contributed by atoms with Gasteiger partial charge < -0.3 is 9.64 Å². The van der Waals surface area contributed by atoms with Gasteiger partial charge in [0.15, 0.2) is 0 Å². The first-order chi connectivity index (χ1) is 14.9. The molecule has 1 aliphatic heterocycles. The van der Waals surface area contributed by atoms with Crippen LogP contribution < -0.4 is 9.46 Å². The van der Waals surface area contributed by atoms with Gasteiger partial charge in [-0.1, -0.05) is 25.0 Å². The van der Waals surface area contributed by atoms with E-state index in [1.807, 2.05) is 0 Å². The van der Waals surface area contributed by atoms with Gasteiger partial charge in [-0.3, -0.25) is 4.79 Å². The Balaban J connectivity index is 1.62. The Morgan fingerprint density at radius 3 is 2.45 bits per heavy atom. The van der Waals surface area contributed by atoms with Crippen LogP contribution in [-0.4, -0.2) is 38.9 Å². The molecule has 166 valence electrons. The van der Waals surface area contributed by atoms with E-state index in [4.69, 9.17) is 4.74 Å². The molecule has 2 fully saturated rings. The van der Waals surface area contributed by atoms with Gasteiger partial charge in [-0.2, -0.15) is 0 Å². The van der Waals surface area contributed by atoms with Gasteiger partial charge in [0.2, 0.25) is 10.0 Å². The second-order valence-corrected chi connectivity index (χ2v) is 9.86. The van der Waals surface area contributed by atoms with Gasteiger partial charge in [0.1, 0.15) is 16.5 Å². The summed E-state index contributed by atoms with van der Waals surface area (Å²) in [5, 5.41) is 0. The molecule has 31 heavy (non-hydrogen) atoms. The average Bonchev–Trinajstić information content (AvgIpc) is 3.45. The molecule has 6 nitrogen and oxygen atoms in total. The molecule has 2 aromatic rings. The molecule has 1 aliphatic carbocycles. The molecule has 1 saturated heterocycles. The minimum Gasteiger partial charge on any atom is -0.495 e. The van der Waals surface area contributed by atoms with E-state index in [2.05, 4.69) is 4.72 Å². The predicted octanol–water partition coefficient (Wildman–Crippen LogP) is 4.03. The Hall–Kier alpha value is -2.45. The first-order valence-corrected chi connectivity index (χ1v) is 12.1. The van der Waals surface area contributed by atoms with E-state index in [1.54, 1.807) is 23.1 Å². The highest BCUT2D eigenvalue weighted by Crippen LogP contribution is 2.34. The van der Waals surface area contributed by atoms with Crippen molar-refractivity contribution in [1.82, 2.24) is 9.62 Å². The fourth-order valence-corrected chi connectivity index (χ4v) is 6.05. The molecule has 1 atom stereocenters. The zero-order valence-corrected chi connectivity index (χ0v) is 18.3. The largest absolute Gasteiger partial charge is 0.495 e. The maximum absolute atomic E-state index is 13.3. The van der Waals surface area contributed by atoms with Crippen molar-refractivity contribution in [2.75, 3.05) is 13.7 Å². The number of carbonyl (C=O) groups excluding carboxylic acids is 1. The predicted molar refractivity (Wildman–Crippen MR) is 115 cm³/mol. The lowest BCUT2D eigenvalue weighted by atomic mass is 10.0. The number of rotatable bonds is 6. The molecule has 1 amide bonds. The van der Waals surface area contributed by atoms with Crippen molar-refractivity contribution < 1.29 is 22.3 Å². The molecule has 0 aromatic heterocycles. The van der Waals surface area contributed by atoms with Crippen LogP contribution >= 0.6 is 0 Å². The highest BCUT2D eigenvalue weighted by Gasteiger charge is 2.32. The molecular weight excluding hydrogens is 419 g/mol. The third kappa shape index (κ3) is 4.60. The van der Waals surface area contributed by atoms with Crippen LogP contribution in [0.15, 0.2) is 47.4 Å². The Labute approximate surface area is 182 Å². The Kier molecular flexibility index (Phi) is 6.29. The molecule has 2 aromatic carbocycles. The summed E-state index contributed by atoms with van der Waals surface area (Å²) < 4.78 is 47.4. The number of ether oxygens (including phenoxy) is 1. The monoisotopic (exact) mass is 446 g/mol. The van der Waals surface area contributed by atoms with Crippen LogP contribution in [0.1, 0.15) is 60.5 Å². The lowest BCUT2D eigenvalue weighted by Crippen LogP contribution is -2.33. The van der Waals surface area contributed by atoms with Gasteiger partial charge in [0, 0.05) is 18.2 Å². The lowest BCUT2D eigenvalue weighted by molar-refractivity contribution is 0.0735. The summed E-state index contributed by atoms with van der Waals surface area (Å²) in [6, 6.07) is 10.4. The van der Waals surface area contributed by atoms with Crippen LogP contribution in [0.5, 0.6) is 5.75 Å². The summed E-state index contributed by atoms with van der Waals surface area (Å²) in [4.78, 5) is 15.0. The number of hydrogen-bond donors (Lipinski definition) is 1. The zero-order chi connectivity index (χ0) is 22.0. The number of carbonyl (C=O) groups is 1. The zero-order valence-electron chi connectivity index (χ0n) is 17.5. The molecular formula is C23H27FN2O4S. The van der Waals surface area contributed by atoms with E-state index < -0.39 is 10.0 Å². The summed E-state index contributed by atoms with van der Waals surface area (Å²) in [5.41, 5.74) is 1.16. The molecule has 2 aliphatic rings. The first-order valence-electron chi connectivity index (χ1n) is 10.7. The van der Waals surface area contributed by atoms with Crippen molar-refractivity contribution >= 4 is 15.9 Å². The maximum atomic E-state index is 13.3. The van der Waals surface area contributed by atoms with E-state index in [0.29, 0.717) is 12.1 Å². The van der Waals surface area contributed by atoms with E-state index in [-0.39, 0.29) is 34.5 Å². The number of amides is 1. The molecule has 0 radical (unpaired) electrons. The number of benzene rings is 2. The van der Waals surface area contributed by atoms with E-state index in [9.17, 15) is 17.6 Å². The maximum Gasteiger partial charge on any atom is 0.254 e. The molecule has 0 unspecified atom stereocenters. The smallest absolute Gasteiger partial charge is 0.254 e. The van der Waals surface area contributed by atoms with Crippen LogP contribution in [0.3, 0.4) is 0 Å².